The van der Waals surface area contributed by atoms with Gasteiger partial charge in [0.15, 0.2) is 5.82 Å². The van der Waals surface area contributed by atoms with Gasteiger partial charge in [0.1, 0.15) is 17.4 Å². The first-order valence-corrected chi connectivity index (χ1v) is 8.54. The van der Waals surface area contributed by atoms with Crippen LogP contribution in [0.15, 0.2) is 36.4 Å². The van der Waals surface area contributed by atoms with Gasteiger partial charge in [0.2, 0.25) is 0 Å². The third-order valence-electron chi connectivity index (χ3n) is 4.77. The highest BCUT2D eigenvalue weighted by atomic mass is 19.1. The summed E-state index contributed by atoms with van der Waals surface area (Å²) in [6, 6.07) is 10.3. The fraction of sp³-hybridized carbons (Fsp3) is 0.300. The second kappa shape index (κ2) is 5.99. The number of hydrogen-bond acceptors (Lipinski definition) is 4. The third-order valence-corrected chi connectivity index (χ3v) is 4.77. The Morgan fingerprint density at radius 1 is 1.20 bits per heavy atom. The number of hydrogen-bond donors (Lipinski definition) is 1. The molecular formula is C20H20FN3O. The molecule has 0 saturated carbocycles. The van der Waals surface area contributed by atoms with Crippen LogP contribution < -0.4 is 4.90 Å². The lowest BCUT2D eigenvalue weighted by molar-refractivity contribution is 0.471. The quantitative estimate of drug-likeness (QED) is 0.757. The minimum Gasteiger partial charge on any atom is -0.507 e. The first-order valence-electron chi connectivity index (χ1n) is 8.54. The van der Waals surface area contributed by atoms with Crippen LogP contribution in [0.3, 0.4) is 0 Å². The van der Waals surface area contributed by atoms with Crippen LogP contribution >= 0.6 is 0 Å². The van der Waals surface area contributed by atoms with Crippen LogP contribution in [-0.4, -0.2) is 28.2 Å². The molecule has 0 bridgehead atoms. The Balaban J connectivity index is 1.97. The number of aromatic hydroxyl groups is 1. The molecule has 1 unspecified atom stereocenters. The van der Waals surface area contributed by atoms with E-state index >= 15 is 0 Å². The summed E-state index contributed by atoms with van der Waals surface area (Å²) < 4.78 is 14.3. The van der Waals surface area contributed by atoms with Crippen LogP contribution in [0.1, 0.15) is 18.9 Å². The van der Waals surface area contributed by atoms with Crippen molar-refractivity contribution in [1.29, 1.82) is 0 Å². The average molecular weight is 337 g/mol. The molecule has 1 saturated heterocycles. The average Bonchev–Trinajstić information content (AvgIpc) is 3.00. The van der Waals surface area contributed by atoms with Crippen molar-refractivity contribution in [2.75, 3.05) is 18.0 Å². The van der Waals surface area contributed by atoms with Gasteiger partial charge >= 0.3 is 0 Å². The Hall–Kier alpha value is -2.69. The Bertz CT molecular complexity index is 937. The lowest BCUT2D eigenvalue weighted by Gasteiger charge is -2.20. The summed E-state index contributed by atoms with van der Waals surface area (Å²) in [5.41, 5.74) is 1.90. The molecule has 4 rings (SSSR count). The highest BCUT2D eigenvalue weighted by molar-refractivity contribution is 5.92. The largest absolute Gasteiger partial charge is 0.507 e. The molecule has 0 radical (unpaired) electrons. The zero-order valence-corrected chi connectivity index (χ0v) is 14.3. The van der Waals surface area contributed by atoms with Gasteiger partial charge in [0, 0.05) is 18.5 Å². The summed E-state index contributed by atoms with van der Waals surface area (Å²) in [6.07, 6.45) is 1.11. The fourth-order valence-corrected chi connectivity index (χ4v) is 3.44. The Morgan fingerprint density at radius 3 is 2.76 bits per heavy atom. The van der Waals surface area contributed by atoms with E-state index in [1.54, 1.807) is 0 Å². The zero-order valence-electron chi connectivity index (χ0n) is 14.3. The van der Waals surface area contributed by atoms with Crippen LogP contribution in [0.25, 0.3) is 22.3 Å². The number of phenolic OH excluding ortho intramolecular Hbond substituents is 1. The van der Waals surface area contributed by atoms with Crippen molar-refractivity contribution in [2.24, 2.45) is 5.92 Å². The molecule has 1 fully saturated rings. The normalized spacial score (nSPS) is 17.4. The number of nitrogens with zero attached hydrogens (tertiary/aromatic N) is 3. The number of aryl methyl sites for hydroxylation is 1. The summed E-state index contributed by atoms with van der Waals surface area (Å²) in [6.45, 7) is 6.06. The van der Waals surface area contributed by atoms with Crippen molar-refractivity contribution in [3.05, 3.63) is 47.8 Å². The van der Waals surface area contributed by atoms with Crippen LogP contribution in [-0.2, 0) is 0 Å². The predicted molar refractivity (Wildman–Crippen MR) is 97.3 cm³/mol. The highest BCUT2D eigenvalue weighted by Gasteiger charge is 2.24. The Kier molecular flexibility index (Phi) is 3.79. The van der Waals surface area contributed by atoms with Gasteiger partial charge in [0.25, 0.3) is 0 Å². The fourth-order valence-electron chi connectivity index (χ4n) is 3.44. The maximum Gasteiger partial charge on any atom is 0.168 e. The Labute approximate surface area is 146 Å². The van der Waals surface area contributed by atoms with Crippen molar-refractivity contribution < 1.29 is 9.50 Å². The van der Waals surface area contributed by atoms with E-state index in [1.165, 1.54) is 18.2 Å². The monoisotopic (exact) mass is 337 g/mol. The van der Waals surface area contributed by atoms with Crippen molar-refractivity contribution in [2.45, 2.75) is 20.3 Å². The lowest BCUT2D eigenvalue weighted by atomic mass is 10.1. The van der Waals surface area contributed by atoms with E-state index < -0.39 is 5.82 Å². The maximum absolute atomic E-state index is 14.3. The number of fused-ring (bicyclic) bond motifs is 1. The molecule has 4 nitrogen and oxygen atoms in total. The van der Waals surface area contributed by atoms with Gasteiger partial charge in [-0.25, -0.2) is 14.4 Å². The first kappa shape index (κ1) is 15.8. The minimum atomic E-state index is -0.521. The van der Waals surface area contributed by atoms with Crippen molar-refractivity contribution in [3.8, 4) is 17.1 Å². The second-order valence-electron chi connectivity index (χ2n) is 6.87. The topological polar surface area (TPSA) is 49.2 Å². The highest BCUT2D eigenvalue weighted by Crippen LogP contribution is 2.35. The molecule has 0 spiro atoms. The smallest absolute Gasteiger partial charge is 0.168 e. The van der Waals surface area contributed by atoms with Crippen LogP contribution in [0.5, 0.6) is 5.75 Å². The summed E-state index contributed by atoms with van der Waals surface area (Å²) in [7, 11) is 0. The van der Waals surface area contributed by atoms with Crippen LogP contribution in [0.2, 0.25) is 0 Å². The van der Waals surface area contributed by atoms with Crippen molar-refractivity contribution in [3.63, 3.8) is 0 Å². The zero-order chi connectivity index (χ0) is 17.6. The molecule has 128 valence electrons. The second-order valence-corrected chi connectivity index (χ2v) is 6.87. The van der Waals surface area contributed by atoms with E-state index in [1.807, 2.05) is 25.1 Å². The van der Waals surface area contributed by atoms with E-state index in [9.17, 15) is 9.50 Å². The molecule has 5 heteroatoms. The van der Waals surface area contributed by atoms with Gasteiger partial charge in [-0.15, -0.1) is 0 Å². The lowest BCUT2D eigenvalue weighted by Crippen LogP contribution is -2.21. The molecule has 0 aliphatic carbocycles. The number of phenols is 1. The maximum atomic E-state index is 14.3. The van der Waals surface area contributed by atoms with Crippen molar-refractivity contribution in [1.82, 2.24) is 9.97 Å². The summed E-state index contributed by atoms with van der Waals surface area (Å²) in [5.74, 6) is 0.969. The molecule has 1 N–H and O–H groups in total. The molecule has 2 aromatic carbocycles. The molecule has 1 aliphatic rings. The van der Waals surface area contributed by atoms with Gasteiger partial charge in [0.05, 0.1) is 11.1 Å². The van der Waals surface area contributed by atoms with Gasteiger partial charge in [-0.1, -0.05) is 19.1 Å². The van der Waals surface area contributed by atoms with Gasteiger partial charge in [-0.3, -0.25) is 0 Å². The Morgan fingerprint density at radius 2 is 2.04 bits per heavy atom. The molecule has 2 heterocycles. The van der Waals surface area contributed by atoms with Gasteiger partial charge < -0.3 is 10.0 Å². The molecule has 1 aliphatic heterocycles. The molecule has 3 aromatic rings. The van der Waals surface area contributed by atoms with Crippen LogP contribution in [0, 0.1) is 18.7 Å². The summed E-state index contributed by atoms with van der Waals surface area (Å²) in [4.78, 5) is 11.4. The van der Waals surface area contributed by atoms with E-state index in [0.29, 0.717) is 5.92 Å². The summed E-state index contributed by atoms with van der Waals surface area (Å²) >= 11 is 0. The van der Waals surface area contributed by atoms with E-state index in [0.717, 1.165) is 41.8 Å². The minimum absolute atomic E-state index is 0.0550. The van der Waals surface area contributed by atoms with Crippen LogP contribution in [0.4, 0.5) is 10.2 Å². The molecule has 1 aromatic heterocycles. The van der Waals surface area contributed by atoms with Gasteiger partial charge in [-0.05, 0) is 49.1 Å². The third kappa shape index (κ3) is 2.80. The molecule has 1 atom stereocenters. The van der Waals surface area contributed by atoms with Crippen molar-refractivity contribution >= 4 is 16.7 Å². The summed E-state index contributed by atoms with van der Waals surface area (Å²) in [5, 5.41) is 11.1. The number of rotatable bonds is 2. The molecule has 0 amide bonds. The number of anilines is 1. The van der Waals surface area contributed by atoms with Gasteiger partial charge in [-0.2, -0.15) is 0 Å². The number of aromatic nitrogens is 2. The van der Waals surface area contributed by atoms with E-state index in [-0.39, 0.29) is 17.1 Å². The number of halogens is 1. The molecular weight excluding hydrogens is 317 g/mol. The first-order chi connectivity index (χ1) is 12.0. The molecule has 25 heavy (non-hydrogen) atoms. The SMILES string of the molecule is Cc1ccc2c(N3CCC(C)C3)nc(-c3c(O)cccc3F)nc2c1. The predicted octanol–water partition coefficient (Wildman–Crippen LogP) is 4.30. The standard InChI is InChI=1S/C20H20FN3O/c1-12-6-7-14-16(10-12)22-19(18-15(21)4-3-5-17(18)25)23-20(14)24-9-8-13(2)11-24/h3-7,10,13,25H,8-9,11H2,1-2H3. The van der Waals surface area contributed by atoms with E-state index in [2.05, 4.69) is 21.8 Å². The number of benzene rings is 2. The van der Waals surface area contributed by atoms with E-state index in [4.69, 9.17) is 0 Å².